The molecule has 138 valence electrons. The Labute approximate surface area is 162 Å². The van der Waals surface area contributed by atoms with E-state index in [9.17, 15) is 4.79 Å². The van der Waals surface area contributed by atoms with Gasteiger partial charge in [-0.25, -0.2) is 0 Å². The summed E-state index contributed by atoms with van der Waals surface area (Å²) in [6.07, 6.45) is 3.62. The number of aromatic nitrogens is 1. The molecule has 25 heavy (non-hydrogen) atoms. The molecule has 0 aromatic carbocycles. The van der Waals surface area contributed by atoms with Gasteiger partial charge >= 0.3 is 141 Å². The van der Waals surface area contributed by atoms with E-state index in [0.29, 0.717) is 9.47 Å². The van der Waals surface area contributed by atoms with Gasteiger partial charge in [-0.3, -0.25) is 0 Å². The van der Waals surface area contributed by atoms with Crippen molar-refractivity contribution >= 4 is 36.6 Å². The van der Waals surface area contributed by atoms with E-state index in [4.69, 9.17) is 4.74 Å². The van der Waals surface area contributed by atoms with E-state index in [2.05, 4.69) is 43.2 Å². The first-order valence-corrected chi connectivity index (χ1v) is 11.9. The van der Waals surface area contributed by atoms with Gasteiger partial charge in [0.15, 0.2) is 0 Å². The zero-order valence-electron chi connectivity index (χ0n) is 16.3. The summed E-state index contributed by atoms with van der Waals surface area (Å²) < 4.78 is 7.15. The molecular formula is C19H31N3O2Sn. The molecule has 2 rings (SSSR count). The van der Waals surface area contributed by atoms with Crippen molar-refractivity contribution in [3.8, 4) is 0 Å². The normalized spacial score (nSPS) is 16.6. The molecule has 0 unspecified atom stereocenters. The van der Waals surface area contributed by atoms with Crippen LogP contribution in [-0.2, 0) is 4.74 Å². The fourth-order valence-corrected chi connectivity index (χ4v) is 5.74. The summed E-state index contributed by atoms with van der Waals surface area (Å²) in [4.78, 5) is 18.6. The summed E-state index contributed by atoms with van der Waals surface area (Å²) in [6.45, 7) is 14.1. The van der Waals surface area contributed by atoms with Gasteiger partial charge in [-0.05, 0) is 20.8 Å². The summed E-state index contributed by atoms with van der Waals surface area (Å²) >= 11 is -0.643. The molecule has 0 bridgehead atoms. The molecule has 2 heterocycles. The average molecular weight is 452 g/mol. The predicted molar refractivity (Wildman–Crippen MR) is 104 cm³/mol. The number of pyridine rings is 1. The maximum atomic E-state index is 12.1. The number of nitrogens with one attached hydrogen (secondary N) is 1. The number of anilines is 1. The number of rotatable bonds is 3. The molecule has 1 aliphatic rings. The van der Waals surface area contributed by atoms with E-state index in [-0.39, 0.29) is 6.09 Å². The first kappa shape index (κ1) is 20.3. The Morgan fingerprint density at radius 3 is 2.32 bits per heavy atom. The van der Waals surface area contributed by atoms with Gasteiger partial charge < -0.3 is 0 Å². The van der Waals surface area contributed by atoms with E-state index in [1.165, 1.54) is 3.71 Å². The monoisotopic (exact) mass is 453 g/mol. The second-order valence-electron chi connectivity index (χ2n) is 8.69. The fourth-order valence-electron chi connectivity index (χ4n) is 2.71. The van der Waals surface area contributed by atoms with Crippen LogP contribution in [0.25, 0.3) is 0 Å². The average Bonchev–Trinajstić information content (AvgIpc) is 2.47. The summed E-state index contributed by atoms with van der Waals surface area (Å²) in [5.41, 5.74) is 0.643. The number of nitrogens with zero attached hydrogens (tertiary/aromatic N) is 2. The van der Waals surface area contributed by atoms with Crippen LogP contribution in [0.5, 0.6) is 0 Å². The van der Waals surface area contributed by atoms with Gasteiger partial charge in [0.25, 0.3) is 0 Å². The van der Waals surface area contributed by atoms with Crippen LogP contribution in [0.1, 0.15) is 54.4 Å². The number of amides is 1. The molecule has 0 aliphatic carbocycles. The molecule has 1 aromatic heterocycles. The standard InChI is InChI=1S/C15H22N3O2.C4H9.Sn/c1-15(2,3)20-14(19)18-9-6-12(7-10-18)17-13-5-4-8-16-11-13;1-4(2)3;/h4-5,11-12,17H,6-7,9-10H2,1-3H3;1-3H3;. The van der Waals surface area contributed by atoms with Crippen LogP contribution < -0.4 is 9.03 Å². The van der Waals surface area contributed by atoms with Crippen LogP contribution in [0.15, 0.2) is 18.3 Å². The molecule has 0 saturated carbocycles. The Kier molecular flexibility index (Phi) is 6.62. The SMILES string of the molecule is CC(C)(C)OC(=O)N1CCC(Nc2cc[c]([Sn][C](C)(C)C)nc2)CC1. The Bertz CT molecular complexity index is 568. The molecule has 0 atom stereocenters. The molecule has 1 aliphatic heterocycles. The third kappa shape index (κ3) is 7.42. The third-order valence-electron chi connectivity index (χ3n) is 3.78. The minimum absolute atomic E-state index is 0.204. The van der Waals surface area contributed by atoms with Gasteiger partial charge in [-0.15, -0.1) is 0 Å². The number of hydrogen-bond acceptors (Lipinski definition) is 4. The number of likely N-dealkylation sites (tertiary alicyclic amines) is 1. The third-order valence-corrected chi connectivity index (χ3v) is 7.50. The number of carbonyl (C=O) groups is 1. The molecule has 0 spiro atoms. The van der Waals surface area contributed by atoms with Crippen LogP contribution in [-0.4, -0.2) is 61.9 Å². The van der Waals surface area contributed by atoms with Gasteiger partial charge in [-0.1, -0.05) is 0 Å². The summed E-state index contributed by atoms with van der Waals surface area (Å²) in [7, 11) is 0. The molecule has 1 fully saturated rings. The molecule has 1 aromatic rings. The van der Waals surface area contributed by atoms with Crippen LogP contribution in [0.2, 0.25) is 3.43 Å². The van der Waals surface area contributed by atoms with Crippen LogP contribution >= 0.6 is 0 Å². The second kappa shape index (κ2) is 8.14. The van der Waals surface area contributed by atoms with Crippen molar-refractivity contribution in [1.29, 1.82) is 0 Å². The Morgan fingerprint density at radius 1 is 1.20 bits per heavy atom. The van der Waals surface area contributed by atoms with Crippen LogP contribution in [0, 0.1) is 0 Å². The van der Waals surface area contributed by atoms with Crippen LogP contribution in [0.3, 0.4) is 0 Å². The van der Waals surface area contributed by atoms with Crippen molar-refractivity contribution in [3.63, 3.8) is 0 Å². The number of piperidine rings is 1. The number of hydrogen-bond donors (Lipinski definition) is 1. The zero-order valence-corrected chi connectivity index (χ0v) is 19.2. The van der Waals surface area contributed by atoms with E-state index >= 15 is 0 Å². The first-order chi connectivity index (χ1) is 11.5. The molecular weight excluding hydrogens is 421 g/mol. The first-order valence-electron chi connectivity index (χ1n) is 9.00. The van der Waals surface area contributed by atoms with Gasteiger partial charge in [0, 0.05) is 0 Å². The van der Waals surface area contributed by atoms with Gasteiger partial charge in [0.05, 0.1) is 0 Å². The van der Waals surface area contributed by atoms with Crippen molar-refractivity contribution in [2.45, 2.75) is 69.5 Å². The number of carbonyl (C=O) groups excluding carboxylic acids is 1. The second-order valence-corrected chi connectivity index (χ2v) is 15.1. The molecule has 1 amide bonds. The van der Waals surface area contributed by atoms with E-state index in [1.54, 1.807) is 4.90 Å². The van der Waals surface area contributed by atoms with E-state index < -0.39 is 26.7 Å². The Hall–Kier alpha value is -0.981. The molecule has 5 nitrogen and oxygen atoms in total. The quantitative estimate of drug-likeness (QED) is 0.715. The van der Waals surface area contributed by atoms with Crippen molar-refractivity contribution in [2.24, 2.45) is 0 Å². The van der Waals surface area contributed by atoms with Crippen LogP contribution in [0.4, 0.5) is 10.5 Å². The van der Waals surface area contributed by atoms with Gasteiger partial charge in [-0.2, -0.15) is 0 Å². The molecule has 1 N–H and O–H groups in total. The van der Waals surface area contributed by atoms with Gasteiger partial charge in [0.1, 0.15) is 0 Å². The Morgan fingerprint density at radius 2 is 1.84 bits per heavy atom. The van der Waals surface area contributed by atoms with E-state index in [0.717, 1.165) is 31.6 Å². The zero-order chi connectivity index (χ0) is 18.7. The Balaban J connectivity index is 1.81. The molecule has 1 saturated heterocycles. The van der Waals surface area contributed by atoms with Crippen molar-refractivity contribution in [1.82, 2.24) is 9.88 Å². The van der Waals surface area contributed by atoms with Gasteiger partial charge in [0.2, 0.25) is 0 Å². The van der Waals surface area contributed by atoms with Crippen molar-refractivity contribution < 1.29 is 9.53 Å². The topological polar surface area (TPSA) is 54.5 Å². The fraction of sp³-hybridized carbons (Fsp3) is 0.684. The summed E-state index contributed by atoms with van der Waals surface area (Å²) in [5.74, 6) is 0. The van der Waals surface area contributed by atoms with E-state index in [1.807, 2.05) is 27.0 Å². The minimum atomic E-state index is -0.643. The molecule has 6 heteroatoms. The summed E-state index contributed by atoms with van der Waals surface area (Å²) in [5, 5.41) is 3.56. The van der Waals surface area contributed by atoms with Crippen molar-refractivity contribution in [2.75, 3.05) is 18.4 Å². The van der Waals surface area contributed by atoms with Crippen molar-refractivity contribution in [3.05, 3.63) is 18.3 Å². The maximum absolute atomic E-state index is 12.1. The number of ether oxygens (including phenoxy) is 1. The summed E-state index contributed by atoms with van der Waals surface area (Å²) in [6, 6.07) is 4.71. The predicted octanol–water partition coefficient (Wildman–Crippen LogP) is 3.44. The molecule has 2 radical (unpaired) electrons.